The van der Waals surface area contributed by atoms with E-state index >= 15 is 0 Å². The summed E-state index contributed by atoms with van der Waals surface area (Å²) in [5.74, 6) is 0. The van der Waals surface area contributed by atoms with Crippen LogP contribution in [0.4, 0.5) is 4.79 Å². The van der Waals surface area contributed by atoms with Gasteiger partial charge < -0.3 is 14.8 Å². The lowest BCUT2D eigenvalue weighted by Gasteiger charge is -2.08. The van der Waals surface area contributed by atoms with Gasteiger partial charge in [0.05, 0.1) is 13.7 Å². The number of hydrogen-bond donors (Lipinski definition) is 2. The summed E-state index contributed by atoms with van der Waals surface area (Å²) < 4.78 is 8.49. The number of methoxy groups -OCH3 is 1. The van der Waals surface area contributed by atoms with Gasteiger partial charge in [-0.1, -0.05) is 0 Å². The van der Waals surface area contributed by atoms with Crippen molar-refractivity contribution in [3.63, 3.8) is 0 Å². The van der Waals surface area contributed by atoms with Crippen molar-refractivity contribution in [1.29, 1.82) is 0 Å². The fraction of sp³-hybridized carbons (Fsp3) is 0.600. The van der Waals surface area contributed by atoms with Gasteiger partial charge in [-0.3, -0.25) is 10.5 Å². The number of amides is 1. The van der Waals surface area contributed by atoms with Crippen molar-refractivity contribution in [2.24, 2.45) is 5.73 Å². The first-order chi connectivity index (χ1) is 5.20. The predicted octanol–water partition coefficient (Wildman–Crippen LogP) is -1.20. The number of rotatable bonds is 4. The minimum Gasteiger partial charge on any atom is -0.453 e. The lowest BCUT2D eigenvalue weighted by Crippen LogP contribution is -2.38. The summed E-state index contributed by atoms with van der Waals surface area (Å²) in [5.41, 5.74) is 5.16. The smallest absolute Gasteiger partial charge is 0.407 e. The molecule has 0 saturated heterocycles. The number of nitrogens with two attached hydrogens (primary N) is 1. The van der Waals surface area contributed by atoms with Crippen molar-refractivity contribution in [3.05, 3.63) is 0 Å². The SMILES string of the molecule is COC(=O)NCC(N)OC=O. The number of carbonyl (C=O) groups excluding carboxylic acids is 2. The Bertz CT molecular complexity index is 138. The maximum atomic E-state index is 10.4. The summed E-state index contributed by atoms with van der Waals surface area (Å²) in [7, 11) is 1.22. The van der Waals surface area contributed by atoms with E-state index in [4.69, 9.17) is 5.73 Å². The third-order valence-corrected chi connectivity index (χ3v) is 0.863. The zero-order chi connectivity index (χ0) is 8.69. The monoisotopic (exact) mass is 162 g/mol. The van der Waals surface area contributed by atoms with Crippen LogP contribution in [-0.2, 0) is 14.3 Å². The van der Waals surface area contributed by atoms with Gasteiger partial charge in [0.1, 0.15) is 0 Å². The van der Waals surface area contributed by atoms with Crippen LogP contribution < -0.4 is 11.1 Å². The summed E-state index contributed by atoms with van der Waals surface area (Å²) in [6.07, 6.45) is -1.44. The first kappa shape index (κ1) is 9.70. The Morgan fingerprint density at radius 1 is 1.82 bits per heavy atom. The number of alkyl carbamates (subject to hydrolysis) is 1. The highest BCUT2D eigenvalue weighted by molar-refractivity contribution is 5.66. The largest absolute Gasteiger partial charge is 0.453 e. The van der Waals surface area contributed by atoms with Crippen LogP contribution in [0.2, 0.25) is 0 Å². The molecule has 0 aromatic carbocycles. The summed E-state index contributed by atoms with van der Waals surface area (Å²) in [6, 6.07) is 0. The van der Waals surface area contributed by atoms with Crippen LogP contribution in [0.5, 0.6) is 0 Å². The van der Waals surface area contributed by atoms with Gasteiger partial charge in [-0.25, -0.2) is 4.79 Å². The van der Waals surface area contributed by atoms with E-state index in [9.17, 15) is 9.59 Å². The lowest BCUT2D eigenvalue weighted by molar-refractivity contribution is -0.133. The van der Waals surface area contributed by atoms with Gasteiger partial charge in [-0.15, -0.1) is 0 Å². The number of hydrogen-bond acceptors (Lipinski definition) is 5. The average Bonchev–Trinajstić information content (AvgIpc) is 2.01. The molecule has 0 aromatic rings. The maximum absolute atomic E-state index is 10.4. The molecule has 0 rings (SSSR count). The van der Waals surface area contributed by atoms with Crippen LogP contribution in [0.25, 0.3) is 0 Å². The third kappa shape index (κ3) is 5.16. The molecule has 1 amide bonds. The molecule has 0 saturated carbocycles. The highest BCUT2D eigenvalue weighted by Gasteiger charge is 2.03. The van der Waals surface area contributed by atoms with E-state index in [1.807, 2.05) is 0 Å². The van der Waals surface area contributed by atoms with Crippen molar-refractivity contribution >= 4 is 12.6 Å². The first-order valence-electron chi connectivity index (χ1n) is 2.87. The molecule has 0 spiro atoms. The second kappa shape index (κ2) is 5.48. The van der Waals surface area contributed by atoms with Crippen molar-refractivity contribution < 1.29 is 19.1 Å². The Balaban J connectivity index is 3.36. The molecule has 6 heteroatoms. The van der Waals surface area contributed by atoms with Gasteiger partial charge in [-0.05, 0) is 0 Å². The molecule has 1 unspecified atom stereocenters. The molecule has 0 aliphatic heterocycles. The van der Waals surface area contributed by atoms with E-state index in [-0.39, 0.29) is 13.0 Å². The standard InChI is InChI=1S/C5H10N2O4/c1-10-5(9)7-2-4(6)11-3-8/h3-4H,2,6H2,1H3,(H,7,9). The van der Waals surface area contributed by atoms with Crippen molar-refractivity contribution in [3.8, 4) is 0 Å². The molecule has 0 aliphatic carbocycles. The van der Waals surface area contributed by atoms with Crippen LogP contribution in [0.1, 0.15) is 0 Å². The fourth-order valence-corrected chi connectivity index (χ4v) is 0.376. The van der Waals surface area contributed by atoms with E-state index in [0.717, 1.165) is 0 Å². The van der Waals surface area contributed by atoms with E-state index in [2.05, 4.69) is 14.8 Å². The van der Waals surface area contributed by atoms with Crippen molar-refractivity contribution in [2.75, 3.05) is 13.7 Å². The van der Waals surface area contributed by atoms with Gasteiger partial charge in [0, 0.05) is 0 Å². The van der Waals surface area contributed by atoms with Crippen LogP contribution in [0.3, 0.4) is 0 Å². The lowest BCUT2D eigenvalue weighted by atomic mass is 10.6. The topological polar surface area (TPSA) is 90.7 Å². The van der Waals surface area contributed by atoms with Gasteiger partial charge in [0.2, 0.25) is 0 Å². The van der Waals surface area contributed by atoms with Gasteiger partial charge in [0.15, 0.2) is 6.23 Å². The van der Waals surface area contributed by atoms with Crippen LogP contribution in [-0.4, -0.2) is 32.4 Å². The van der Waals surface area contributed by atoms with E-state index in [0.29, 0.717) is 0 Å². The summed E-state index contributed by atoms with van der Waals surface area (Å²) in [5, 5.41) is 2.25. The Kier molecular flexibility index (Phi) is 4.83. The van der Waals surface area contributed by atoms with Gasteiger partial charge >= 0.3 is 6.09 Å². The quantitative estimate of drug-likeness (QED) is 0.400. The predicted molar refractivity (Wildman–Crippen MR) is 35.5 cm³/mol. The molecule has 11 heavy (non-hydrogen) atoms. The average molecular weight is 162 g/mol. The molecule has 6 nitrogen and oxygen atoms in total. The molecule has 0 aliphatic rings. The van der Waals surface area contributed by atoms with E-state index < -0.39 is 12.3 Å². The highest BCUT2D eigenvalue weighted by Crippen LogP contribution is 1.77. The van der Waals surface area contributed by atoms with Crippen molar-refractivity contribution in [2.45, 2.75) is 6.23 Å². The molecule has 0 aromatic heterocycles. The molecule has 0 fully saturated rings. The Labute approximate surface area is 63.6 Å². The molecule has 0 radical (unpaired) electrons. The Hall–Kier alpha value is -1.30. The van der Waals surface area contributed by atoms with Crippen LogP contribution >= 0.6 is 0 Å². The molecule has 3 N–H and O–H groups in total. The number of nitrogens with one attached hydrogen (secondary N) is 1. The minimum absolute atomic E-state index is 0.0331. The van der Waals surface area contributed by atoms with Gasteiger partial charge in [-0.2, -0.15) is 0 Å². The first-order valence-corrected chi connectivity index (χ1v) is 2.87. The van der Waals surface area contributed by atoms with Gasteiger partial charge in [0.25, 0.3) is 6.47 Å². The molecular weight excluding hydrogens is 152 g/mol. The zero-order valence-corrected chi connectivity index (χ0v) is 6.07. The third-order valence-electron chi connectivity index (χ3n) is 0.863. The Morgan fingerprint density at radius 3 is 2.91 bits per heavy atom. The summed E-state index contributed by atoms with van der Waals surface area (Å²) in [6.45, 7) is 0.245. The van der Waals surface area contributed by atoms with Crippen molar-refractivity contribution in [1.82, 2.24) is 5.32 Å². The summed E-state index contributed by atoms with van der Waals surface area (Å²) >= 11 is 0. The second-order valence-electron chi connectivity index (χ2n) is 1.64. The molecular formula is C5H10N2O4. The minimum atomic E-state index is -0.827. The Morgan fingerprint density at radius 2 is 2.45 bits per heavy atom. The normalized spacial score (nSPS) is 11.5. The molecule has 0 bridgehead atoms. The molecule has 64 valence electrons. The molecule has 0 heterocycles. The van der Waals surface area contributed by atoms with Crippen LogP contribution in [0.15, 0.2) is 0 Å². The summed E-state index contributed by atoms with van der Waals surface area (Å²) in [4.78, 5) is 20.1. The van der Waals surface area contributed by atoms with E-state index in [1.165, 1.54) is 7.11 Å². The number of carbonyl (C=O) groups is 2. The fourth-order valence-electron chi connectivity index (χ4n) is 0.376. The maximum Gasteiger partial charge on any atom is 0.407 e. The van der Waals surface area contributed by atoms with E-state index in [1.54, 1.807) is 0 Å². The number of ether oxygens (including phenoxy) is 2. The molecule has 1 atom stereocenters. The second-order valence-corrected chi connectivity index (χ2v) is 1.64. The van der Waals surface area contributed by atoms with Crippen LogP contribution in [0, 0.1) is 0 Å². The highest BCUT2D eigenvalue weighted by atomic mass is 16.5. The zero-order valence-electron chi connectivity index (χ0n) is 6.07.